The summed E-state index contributed by atoms with van der Waals surface area (Å²) in [6.07, 6.45) is 4.27. The number of rotatable bonds is 8. The van der Waals surface area contributed by atoms with Crippen molar-refractivity contribution >= 4 is 17.7 Å². The standard InChI is InChI=1S/C24H29N5OS/c1-18(28-15-9-4-10-16-28)23-26-27-24(29(23)20-13-7-3-8-14-20)31-21(22(25)30)17-19-11-5-2-6-12-19/h2-3,5-8,11-14,18,21H,4,9-10,15-17H2,1H3,(H2,25,30). The van der Waals surface area contributed by atoms with Crippen LogP contribution >= 0.6 is 11.8 Å². The normalized spacial score (nSPS) is 16.7. The zero-order valence-electron chi connectivity index (χ0n) is 17.9. The summed E-state index contributed by atoms with van der Waals surface area (Å²) in [4.78, 5) is 14.7. The summed E-state index contributed by atoms with van der Waals surface area (Å²) in [5.41, 5.74) is 7.85. The minimum atomic E-state index is -0.424. The van der Waals surface area contributed by atoms with E-state index in [0.717, 1.165) is 30.2 Å². The number of amides is 1. The van der Waals surface area contributed by atoms with Gasteiger partial charge in [0.1, 0.15) is 0 Å². The van der Waals surface area contributed by atoms with Crippen molar-refractivity contribution in [1.29, 1.82) is 0 Å². The number of benzene rings is 2. The van der Waals surface area contributed by atoms with Crippen molar-refractivity contribution < 1.29 is 4.79 Å². The molecule has 162 valence electrons. The number of nitrogens with zero attached hydrogens (tertiary/aromatic N) is 4. The van der Waals surface area contributed by atoms with Crippen molar-refractivity contribution in [2.45, 2.75) is 49.1 Å². The van der Waals surface area contributed by atoms with Crippen LogP contribution in [0.15, 0.2) is 65.8 Å². The van der Waals surface area contributed by atoms with Crippen LogP contribution in [0.25, 0.3) is 5.69 Å². The molecular weight excluding hydrogens is 406 g/mol. The fourth-order valence-electron chi connectivity index (χ4n) is 4.07. The maximum atomic E-state index is 12.3. The molecule has 1 amide bonds. The van der Waals surface area contributed by atoms with Gasteiger partial charge in [-0.3, -0.25) is 14.3 Å². The third-order valence-electron chi connectivity index (χ3n) is 5.81. The van der Waals surface area contributed by atoms with Crippen LogP contribution in [0.1, 0.15) is 43.6 Å². The number of primary amides is 1. The summed E-state index contributed by atoms with van der Waals surface area (Å²) in [5, 5.41) is 9.37. The Kier molecular flexibility index (Phi) is 7.04. The Morgan fingerprint density at radius 2 is 1.65 bits per heavy atom. The molecular formula is C24H29N5OS. The van der Waals surface area contributed by atoms with Crippen LogP contribution in [0.4, 0.5) is 0 Å². The van der Waals surface area contributed by atoms with Crippen molar-refractivity contribution in [1.82, 2.24) is 19.7 Å². The number of carbonyl (C=O) groups excluding carboxylic acids is 1. The molecule has 2 aromatic carbocycles. The topological polar surface area (TPSA) is 77.0 Å². The van der Waals surface area contributed by atoms with E-state index in [9.17, 15) is 4.79 Å². The van der Waals surface area contributed by atoms with Gasteiger partial charge in [-0.05, 0) is 57.0 Å². The first-order valence-electron chi connectivity index (χ1n) is 10.9. The minimum Gasteiger partial charge on any atom is -0.369 e. The molecule has 0 spiro atoms. The Labute approximate surface area is 187 Å². The van der Waals surface area contributed by atoms with E-state index in [4.69, 9.17) is 5.73 Å². The molecule has 0 aliphatic carbocycles. The maximum absolute atomic E-state index is 12.3. The fraction of sp³-hybridized carbons (Fsp3) is 0.375. The Morgan fingerprint density at radius 3 is 2.29 bits per heavy atom. The lowest BCUT2D eigenvalue weighted by Crippen LogP contribution is -2.33. The number of carbonyl (C=O) groups is 1. The second kappa shape index (κ2) is 10.1. The summed E-state index contributed by atoms with van der Waals surface area (Å²) < 4.78 is 2.09. The minimum absolute atomic E-state index is 0.142. The van der Waals surface area contributed by atoms with Crippen LogP contribution in [-0.4, -0.2) is 43.9 Å². The van der Waals surface area contributed by atoms with Gasteiger partial charge in [0, 0.05) is 5.69 Å². The summed E-state index contributed by atoms with van der Waals surface area (Å²) in [6, 6.07) is 20.2. The fourth-order valence-corrected chi connectivity index (χ4v) is 5.11. The highest BCUT2D eigenvalue weighted by Crippen LogP contribution is 2.32. The number of hydrogen-bond donors (Lipinski definition) is 1. The zero-order chi connectivity index (χ0) is 21.6. The smallest absolute Gasteiger partial charge is 0.231 e. The highest BCUT2D eigenvalue weighted by molar-refractivity contribution is 8.00. The van der Waals surface area contributed by atoms with Gasteiger partial charge in [-0.1, -0.05) is 66.7 Å². The lowest BCUT2D eigenvalue weighted by atomic mass is 10.1. The van der Waals surface area contributed by atoms with Gasteiger partial charge in [-0.25, -0.2) is 0 Å². The molecule has 1 aliphatic heterocycles. The average molecular weight is 436 g/mol. The molecule has 2 N–H and O–H groups in total. The van der Waals surface area contributed by atoms with Crippen LogP contribution in [0.3, 0.4) is 0 Å². The van der Waals surface area contributed by atoms with E-state index in [1.165, 1.54) is 31.0 Å². The third-order valence-corrected chi connectivity index (χ3v) is 6.97. The Morgan fingerprint density at radius 1 is 1.00 bits per heavy atom. The number of nitrogens with two attached hydrogens (primary N) is 1. The predicted octanol–water partition coefficient (Wildman–Crippen LogP) is 4.00. The SMILES string of the molecule is CC(c1nnc(SC(Cc2ccccc2)C(N)=O)n1-c1ccccc1)N1CCCCC1. The maximum Gasteiger partial charge on any atom is 0.231 e. The van der Waals surface area contributed by atoms with E-state index in [-0.39, 0.29) is 11.9 Å². The van der Waals surface area contributed by atoms with Crippen LogP contribution in [0, 0.1) is 0 Å². The van der Waals surface area contributed by atoms with Crippen LogP contribution < -0.4 is 5.73 Å². The van der Waals surface area contributed by atoms with E-state index >= 15 is 0 Å². The zero-order valence-corrected chi connectivity index (χ0v) is 18.7. The Balaban J connectivity index is 1.66. The van der Waals surface area contributed by atoms with E-state index in [2.05, 4.69) is 38.7 Å². The van der Waals surface area contributed by atoms with Crippen molar-refractivity contribution in [3.8, 4) is 5.69 Å². The molecule has 1 saturated heterocycles. The van der Waals surface area contributed by atoms with Crippen LogP contribution in [0.2, 0.25) is 0 Å². The summed E-state index contributed by atoms with van der Waals surface area (Å²) in [6.45, 7) is 4.34. The largest absolute Gasteiger partial charge is 0.369 e. The molecule has 4 rings (SSSR count). The molecule has 3 aromatic rings. The first-order valence-corrected chi connectivity index (χ1v) is 11.8. The number of para-hydroxylation sites is 1. The molecule has 1 aliphatic rings. The number of piperidine rings is 1. The first kappa shape index (κ1) is 21.6. The second-order valence-corrected chi connectivity index (χ2v) is 9.15. The molecule has 0 saturated carbocycles. The van der Waals surface area contributed by atoms with E-state index < -0.39 is 5.25 Å². The average Bonchev–Trinajstić information content (AvgIpc) is 3.23. The van der Waals surface area contributed by atoms with E-state index in [1.54, 1.807) is 0 Å². The summed E-state index contributed by atoms with van der Waals surface area (Å²) in [7, 11) is 0. The van der Waals surface area contributed by atoms with Gasteiger partial charge in [0.05, 0.1) is 11.3 Å². The van der Waals surface area contributed by atoms with Gasteiger partial charge in [0.15, 0.2) is 11.0 Å². The third kappa shape index (κ3) is 5.17. The lowest BCUT2D eigenvalue weighted by Gasteiger charge is -2.32. The molecule has 1 fully saturated rings. The second-order valence-electron chi connectivity index (χ2n) is 7.98. The Bertz CT molecular complexity index is 986. The molecule has 2 atom stereocenters. The molecule has 0 radical (unpaired) electrons. The molecule has 2 unspecified atom stereocenters. The summed E-state index contributed by atoms with van der Waals surface area (Å²) in [5.74, 6) is 0.556. The number of likely N-dealkylation sites (tertiary alicyclic amines) is 1. The van der Waals surface area contributed by atoms with Crippen LogP contribution in [-0.2, 0) is 11.2 Å². The van der Waals surface area contributed by atoms with Crippen molar-refractivity contribution in [2.75, 3.05) is 13.1 Å². The quantitative estimate of drug-likeness (QED) is 0.541. The summed E-state index contributed by atoms with van der Waals surface area (Å²) >= 11 is 1.39. The number of hydrogen-bond acceptors (Lipinski definition) is 5. The molecule has 6 nitrogen and oxygen atoms in total. The van der Waals surface area contributed by atoms with E-state index in [0.29, 0.717) is 11.6 Å². The molecule has 0 bridgehead atoms. The monoisotopic (exact) mass is 435 g/mol. The number of thioether (sulfide) groups is 1. The predicted molar refractivity (Wildman–Crippen MR) is 124 cm³/mol. The Hall–Kier alpha value is -2.64. The van der Waals surface area contributed by atoms with Crippen molar-refractivity contribution in [3.05, 3.63) is 72.1 Å². The first-order chi connectivity index (χ1) is 15.1. The van der Waals surface area contributed by atoms with Crippen molar-refractivity contribution in [2.24, 2.45) is 5.73 Å². The van der Waals surface area contributed by atoms with Gasteiger partial charge < -0.3 is 5.73 Å². The van der Waals surface area contributed by atoms with Gasteiger partial charge in [-0.15, -0.1) is 10.2 Å². The van der Waals surface area contributed by atoms with Crippen molar-refractivity contribution in [3.63, 3.8) is 0 Å². The van der Waals surface area contributed by atoms with Gasteiger partial charge in [0.25, 0.3) is 0 Å². The molecule has 1 aromatic heterocycles. The van der Waals surface area contributed by atoms with Gasteiger partial charge in [0.2, 0.25) is 5.91 Å². The number of aromatic nitrogens is 3. The van der Waals surface area contributed by atoms with E-state index in [1.807, 2.05) is 48.5 Å². The van der Waals surface area contributed by atoms with Gasteiger partial charge >= 0.3 is 0 Å². The lowest BCUT2D eigenvalue weighted by molar-refractivity contribution is -0.117. The molecule has 2 heterocycles. The van der Waals surface area contributed by atoms with Crippen LogP contribution in [0.5, 0.6) is 0 Å². The highest BCUT2D eigenvalue weighted by Gasteiger charge is 2.28. The molecule has 31 heavy (non-hydrogen) atoms. The van der Waals surface area contributed by atoms with Gasteiger partial charge in [-0.2, -0.15) is 0 Å². The molecule has 7 heteroatoms. The highest BCUT2D eigenvalue weighted by atomic mass is 32.2.